The SMILES string of the molecule is CC(C)NC(=O)c1cn(C2CCCN(S(=O)(=O)c3cccc4cccnc34)C2)nn1. The third-order valence-electron chi connectivity index (χ3n) is 5.11. The van der Waals surface area contributed by atoms with Crippen molar-refractivity contribution in [2.75, 3.05) is 13.1 Å². The van der Waals surface area contributed by atoms with Crippen LogP contribution in [0.15, 0.2) is 47.6 Å². The predicted octanol–water partition coefficient (Wildman–Crippen LogP) is 1.99. The topological polar surface area (TPSA) is 110 Å². The minimum Gasteiger partial charge on any atom is -0.348 e. The second-order valence-corrected chi connectivity index (χ2v) is 9.61. The van der Waals surface area contributed by atoms with Crippen LogP contribution >= 0.6 is 0 Å². The van der Waals surface area contributed by atoms with Gasteiger partial charge in [0.1, 0.15) is 4.90 Å². The lowest BCUT2D eigenvalue weighted by Gasteiger charge is -2.31. The van der Waals surface area contributed by atoms with E-state index in [1.807, 2.05) is 26.0 Å². The van der Waals surface area contributed by atoms with E-state index in [4.69, 9.17) is 0 Å². The summed E-state index contributed by atoms with van der Waals surface area (Å²) < 4.78 is 29.8. The van der Waals surface area contributed by atoms with Gasteiger partial charge in [0, 0.05) is 30.7 Å². The van der Waals surface area contributed by atoms with Crippen LogP contribution in [0.5, 0.6) is 0 Å². The third kappa shape index (κ3) is 3.92. The second kappa shape index (κ2) is 8.11. The fourth-order valence-corrected chi connectivity index (χ4v) is 5.36. The summed E-state index contributed by atoms with van der Waals surface area (Å²) >= 11 is 0. The van der Waals surface area contributed by atoms with Crippen LogP contribution in [0.25, 0.3) is 10.9 Å². The van der Waals surface area contributed by atoms with Crippen LogP contribution in [0.4, 0.5) is 0 Å². The molecule has 3 aromatic rings. The van der Waals surface area contributed by atoms with Crippen LogP contribution in [-0.4, -0.2) is 57.7 Å². The Morgan fingerprint density at radius 1 is 1.23 bits per heavy atom. The first-order chi connectivity index (χ1) is 14.4. The number of amides is 1. The molecule has 1 aromatic carbocycles. The number of sulfonamides is 1. The van der Waals surface area contributed by atoms with Crippen molar-refractivity contribution >= 4 is 26.8 Å². The standard InChI is InChI=1S/C20H24N6O3S/c1-14(2)22-20(27)17-13-26(24-23-17)16-8-5-11-25(12-16)30(28,29)18-9-3-6-15-7-4-10-21-19(15)18/h3-4,6-7,9-10,13-14,16H,5,8,11-12H2,1-2H3,(H,22,27). The molecule has 9 nitrogen and oxygen atoms in total. The molecule has 0 aliphatic carbocycles. The van der Waals surface area contributed by atoms with E-state index >= 15 is 0 Å². The van der Waals surface area contributed by atoms with Crippen molar-refractivity contribution in [1.82, 2.24) is 29.6 Å². The molecule has 1 N–H and O–H groups in total. The van der Waals surface area contributed by atoms with Crippen molar-refractivity contribution in [3.8, 4) is 0 Å². The average molecular weight is 429 g/mol. The first-order valence-electron chi connectivity index (χ1n) is 9.93. The Morgan fingerprint density at radius 2 is 2.03 bits per heavy atom. The van der Waals surface area contributed by atoms with Crippen molar-refractivity contribution in [2.45, 2.75) is 43.7 Å². The van der Waals surface area contributed by atoms with Crippen LogP contribution in [0, 0.1) is 0 Å². The first-order valence-corrected chi connectivity index (χ1v) is 11.4. The number of pyridine rings is 1. The molecule has 1 aliphatic heterocycles. The van der Waals surface area contributed by atoms with Crippen molar-refractivity contribution in [2.24, 2.45) is 0 Å². The number of fused-ring (bicyclic) bond motifs is 1. The van der Waals surface area contributed by atoms with Gasteiger partial charge in [-0.2, -0.15) is 4.31 Å². The summed E-state index contributed by atoms with van der Waals surface area (Å²) in [6, 6.07) is 8.61. The summed E-state index contributed by atoms with van der Waals surface area (Å²) in [6.07, 6.45) is 4.63. The van der Waals surface area contributed by atoms with Gasteiger partial charge in [-0.25, -0.2) is 13.1 Å². The van der Waals surface area contributed by atoms with Crippen LogP contribution in [0.2, 0.25) is 0 Å². The van der Waals surface area contributed by atoms with Crippen LogP contribution in [-0.2, 0) is 10.0 Å². The molecule has 1 fully saturated rings. The Hall–Kier alpha value is -2.85. The number of hydrogen-bond acceptors (Lipinski definition) is 6. The number of para-hydroxylation sites is 1. The fraction of sp³-hybridized carbons (Fsp3) is 0.400. The van der Waals surface area contributed by atoms with Gasteiger partial charge in [-0.3, -0.25) is 9.78 Å². The molecule has 0 saturated carbocycles. The van der Waals surface area contributed by atoms with Gasteiger partial charge in [0.25, 0.3) is 5.91 Å². The Bertz CT molecular complexity index is 1170. The minimum atomic E-state index is -3.72. The molecule has 0 spiro atoms. The summed E-state index contributed by atoms with van der Waals surface area (Å²) in [4.78, 5) is 16.6. The molecule has 1 unspecified atom stereocenters. The Labute approximate surface area is 175 Å². The van der Waals surface area contributed by atoms with Gasteiger partial charge < -0.3 is 5.32 Å². The van der Waals surface area contributed by atoms with Crippen LogP contribution in [0.3, 0.4) is 0 Å². The summed E-state index contributed by atoms with van der Waals surface area (Å²) in [7, 11) is -3.72. The zero-order valence-corrected chi connectivity index (χ0v) is 17.7. The smallest absolute Gasteiger partial charge is 0.273 e. The number of benzene rings is 1. The van der Waals surface area contributed by atoms with E-state index in [0.29, 0.717) is 18.5 Å². The molecule has 10 heteroatoms. The fourth-order valence-electron chi connectivity index (χ4n) is 3.67. The molecule has 30 heavy (non-hydrogen) atoms. The monoisotopic (exact) mass is 428 g/mol. The van der Waals surface area contributed by atoms with E-state index in [2.05, 4.69) is 20.6 Å². The number of carbonyl (C=O) groups excluding carboxylic acids is 1. The lowest BCUT2D eigenvalue weighted by atomic mass is 10.1. The van der Waals surface area contributed by atoms with Gasteiger partial charge in [0.05, 0.1) is 17.8 Å². The highest BCUT2D eigenvalue weighted by Gasteiger charge is 2.33. The van der Waals surface area contributed by atoms with Gasteiger partial charge in [0.15, 0.2) is 5.69 Å². The quantitative estimate of drug-likeness (QED) is 0.665. The van der Waals surface area contributed by atoms with Crippen LogP contribution in [0.1, 0.15) is 43.2 Å². The van der Waals surface area contributed by atoms with E-state index in [1.165, 1.54) is 4.31 Å². The highest BCUT2D eigenvalue weighted by molar-refractivity contribution is 7.89. The average Bonchev–Trinajstić information content (AvgIpc) is 3.23. The number of carbonyl (C=O) groups is 1. The molecule has 1 saturated heterocycles. The minimum absolute atomic E-state index is 0.00716. The molecule has 158 valence electrons. The van der Waals surface area contributed by atoms with Crippen molar-refractivity contribution in [3.63, 3.8) is 0 Å². The number of nitrogens with zero attached hydrogens (tertiary/aromatic N) is 5. The van der Waals surface area contributed by atoms with Gasteiger partial charge in [-0.05, 0) is 38.8 Å². The number of aromatic nitrogens is 4. The molecular formula is C20H24N6O3S. The third-order valence-corrected chi connectivity index (χ3v) is 7.01. The predicted molar refractivity (Wildman–Crippen MR) is 111 cm³/mol. The van der Waals surface area contributed by atoms with Crippen molar-refractivity contribution < 1.29 is 13.2 Å². The zero-order valence-electron chi connectivity index (χ0n) is 16.9. The summed E-state index contributed by atoms with van der Waals surface area (Å²) in [6.45, 7) is 4.43. The zero-order chi connectivity index (χ0) is 21.3. The molecular weight excluding hydrogens is 404 g/mol. The molecule has 1 atom stereocenters. The first kappa shape index (κ1) is 20.4. The van der Waals surface area contributed by atoms with E-state index in [0.717, 1.165) is 11.8 Å². The molecule has 2 aromatic heterocycles. The lowest BCUT2D eigenvalue weighted by molar-refractivity contribution is 0.0938. The maximum Gasteiger partial charge on any atom is 0.273 e. The largest absolute Gasteiger partial charge is 0.348 e. The normalized spacial score (nSPS) is 18.0. The molecule has 0 radical (unpaired) electrons. The Balaban J connectivity index is 1.58. The van der Waals surface area contributed by atoms with E-state index < -0.39 is 10.0 Å². The maximum absolute atomic E-state index is 13.4. The second-order valence-electron chi connectivity index (χ2n) is 7.70. The molecule has 1 amide bonds. The van der Waals surface area contributed by atoms with Gasteiger partial charge in [-0.1, -0.05) is 23.4 Å². The number of hydrogen-bond donors (Lipinski definition) is 1. The van der Waals surface area contributed by atoms with E-state index in [9.17, 15) is 13.2 Å². The number of nitrogens with one attached hydrogen (secondary N) is 1. The summed E-state index contributed by atoms with van der Waals surface area (Å²) in [5.41, 5.74) is 0.692. The highest BCUT2D eigenvalue weighted by Crippen LogP contribution is 2.29. The highest BCUT2D eigenvalue weighted by atomic mass is 32.2. The molecule has 3 heterocycles. The number of piperidine rings is 1. The number of rotatable bonds is 5. The van der Waals surface area contributed by atoms with Crippen molar-refractivity contribution in [3.05, 3.63) is 48.4 Å². The van der Waals surface area contributed by atoms with E-state index in [-0.39, 0.29) is 35.1 Å². The Morgan fingerprint density at radius 3 is 2.83 bits per heavy atom. The van der Waals surface area contributed by atoms with Gasteiger partial charge in [-0.15, -0.1) is 5.10 Å². The van der Waals surface area contributed by atoms with Crippen molar-refractivity contribution in [1.29, 1.82) is 0 Å². The maximum atomic E-state index is 13.4. The summed E-state index contributed by atoms with van der Waals surface area (Å²) in [5.74, 6) is -0.293. The molecule has 4 rings (SSSR count). The van der Waals surface area contributed by atoms with Gasteiger partial charge in [0.2, 0.25) is 10.0 Å². The Kier molecular flexibility index (Phi) is 5.52. The lowest BCUT2D eigenvalue weighted by Crippen LogP contribution is -2.41. The molecule has 1 aliphatic rings. The van der Waals surface area contributed by atoms with Crippen LogP contribution < -0.4 is 5.32 Å². The summed E-state index contributed by atoms with van der Waals surface area (Å²) in [5, 5.41) is 11.6. The van der Waals surface area contributed by atoms with Gasteiger partial charge >= 0.3 is 0 Å². The van der Waals surface area contributed by atoms with E-state index in [1.54, 1.807) is 35.3 Å². The molecule has 0 bridgehead atoms.